The Morgan fingerprint density at radius 3 is 2.74 bits per heavy atom. The summed E-state index contributed by atoms with van der Waals surface area (Å²) in [5, 5.41) is 19.1. The van der Waals surface area contributed by atoms with E-state index in [9.17, 15) is 19.8 Å². The Balaban J connectivity index is 1.95. The van der Waals surface area contributed by atoms with Crippen molar-refractivity contribution in [3.8, 4) is 11.5 Å². The molecular formula is C19H16N2O5S. The number of aromatic carboxylic acids is 1. The van der Waals surface area contributed by atoms with Gasteiger partial charge in [0, 0.05) is 7.05 Å². The SMILES string of the molecule is COc1cccc(/C=C2\SC(=Nc3ccc(O)cc3C(=O)O)N(C)C2=O)c1. The van der Waals surface area contributed by atoms with Gasteiger partial charge in [0.1, 0.15) is 11.5 Å². The lowest BCUT2D eigenvalue weighted by Gasteiger charge is -2.08. The van der Waals surface area contributed by atoms with Crippen molar-refractivity contribution in [2.45, 2.75) is 0 Å². The highest BCUT2D eigenvalue weighted by molar-refractivity contribution is 8.18. The van der Waals surface area contributed by atoms with Gasteiger partial charge in [0.05, 0.1) is 23.3 Å². The molecule has 0 aliphatic carbocycles. The number of aliphatic imine (C=N–C) groups is 1. The summed E-state index contributed by atoms with van der Waals surface area (Å²) < 4.78 is 5.18. The van der Waals surface area contributed by atoms with Crippen molar-refractivity contribution in [3.05, 3.63) is 58.5 Å². The molecule has 8 heteroatoms. The van der Waals surface area contributed by atoms with E-state index in [1.807, 2.05) is 18.2 Å². The Morgan fingerprint density at radius 2 is 2.04 bits per heavy atom. The van der Waals surface area contributed by atoms with Crippen molar-refractivity contribution in [3.63, 3.8) is 0 Å². The lowest BCUT2D eigenvalue weighted by molar-refractivity contribution is -0.121. The van der Waals surface area contributed by atoms with Gasteiger partial charge < -0.3 is 14.9 Å². The van der Waals surface area contributed by atoms with Crippen molar-refractivity contribution < 1.29 is 24.5 Å². The standard InChI is InChI=1S/C19H16N2O5S/c1-21-17(23)16(9-11-4-3-5-13(8-11)26-2)27-19(21)20-15-7-6-12(22)10-14(15)18(24)25/h3-10,22H,1-2H3,(H,24,25)/b16-9-,20-19?. The molecule has 0 aromatic heterocycles. The van der Waals surface area contributed by atoms with Crippen LogP contribution in [0.15, 0.2) is 52.4 Å². The number of thioether (sulfide) groups is 1. The number of amidine groups is 1. The molecule has 2 N–H and O–H groups in total. The summed E-state index contributed by atoms with van der Waals surface area (Å²) in [6.07, 6.45) is 1.73. The van der Waals surface area contributed by atoms with E-state index < -0.39 is 5.97 Å². The maximum absolute atomic E-state index is 12.5. The highest BCUT2D eigenvalue weighted by atomic mass is 32.2. The van der Waals surface area contributed by atoms with Gasteiger partial charge in [-0.1, -0.05) is 12.1 Å². The van der Waals surface area contributed by atoms with Gasteiger partial charge in [0.15, 0.2) is 5.17 Å². The van der Waals surface area contributed by atoms with Crippen LogP contribution in [-0.4, -0.2) is 46.3 Å². The molecule has 1 aliphatic rings. The topological polar surface area (TPSA) is 99.4 Å². The van der Waals surface area contributed by atoms with E-state index in [-0.39, 0.29) is 22.9 Å². The number of aromatic hydroxyl groups is 1. The molecule has 27 heavy (non-hydrogen) atoms. The first kappa shape index (κ1) is 18.5. The molecule has 2 aromatic carbocycles. The number of carboxylic acid groups (broad SMARTS) is 1. The van der Waals surface area contributed by atoms with E-state index in [0.717, 1.165) is 23.4 Å². The van der Waals surface area contributed by atoms with E-state index in [0.29, 0.717) is 15.8 Å². The normalized spacial score (nSPS) is 17.0. The minimum Gasteiger partial charge on any atom is -0.508 e. The number of benzene rings is 2. The van der Waals surface area contributed by atoms with E-state index in [1.165, 1.54) is 17.0 Å². The second kappa shape index (κ2) is 7.55. The third-order valence-electron chi connectivity index (χ3n) is 3.82. The second-order valence-electron chi connectivity index (χ2n) is 5.65. The summed E-state index contributed by atoms with van der Waals surface area (Å²) >= 11 is 1.15. The summed E-state index contributed by atoms with van der Waals surface area (Å²) in [4.78, 5) is 30.0. The number of phenolic OH excluding ortho intramolecular Hbond substituents is 1. The van der Waals surface area contributed by atoms with Crippen molar-refractivity contribution in [1.29, 1.82) is 0 Å². The number of carboxylic acids is 1. The molecule has 2 aromatic rings. The number of hydrogen-bond acceptors (Lipinski definition) is 6. The Morgan fingerprint density at radius 1 is 1.26 bits per heavy atom. The van der Waals surface area contributed by atoms with Crippen LogP contribution in [0.4, 0.5) is 5.69 Å². The molecule has 0 saturated carbocycles. The number of methoxy groups -OCH3 is 1. The van der Waals surface area contributed by atoms with Crippen LogP contribution >= 0.6 is 11.8 Å². The van der Waals surface area contributed by atoms with Crippen LogP contribution in [0.2, 0.25) is 0 Å². The van der Waals surface area contributed by atoms with Gasteiger partial charge in [-0.15, -0.1) is 0 Å². The third-order valence-corrected chi connectivity index (χ3v) is 4.88. The number of carbonyl (C=O) groups is 2. The zero-order valence-electron chi connectivity index (χ0n) is 14.5. The molecule has 1 aliphatic heterocycles. The lowest BCUT2D eigenvalue weighted by Crippen LogP contribution is -2.23. The van der Waals surface area contributed by atoms with E-state index in [2.05, 4.69) is 4.99 Å². The Kier molecular flexibility index (Phi) is 5.18. The first-order valence-corrected chi connectivity index (χ1v) is 8.67. The van der Waals surface area contributed by atoms with Gasteiger partial charge in [-0.2, -0.15) is 0 Å². The maximum atomic E-state index is 12.5. The summed E-state index contributed by atoms with van der Waals surface area (Å²) in [5.41, 5.74) is 0.815. The first-order chi connectivity index (χ1) is 12.9. The fourth-order valence-corrected chi connectivity index (χ4v) is 3.41. The highest BCUT2D eigenvalue weighted by Crippen LogP contribution is 2.34. The lowest BCUT2D eigenvalue weighted by atomic mass is 10.2. The number of likely N-dealkylation sites (N-methyl/N-ethyl adjacent to an activating group) is 1. The molecule has 0 spiro atoms. The number of hydrogen-bond donors (Lipinski definition) is 2. The summed E-state index contributed by atoms with van der Waals surface area (Å²) in [5.74, 6) is -0.942. The van der Waals surface area contributed by atoms with Gasteiger partial charge in [-0.25, -0.2) is 9.79 Å². The van der Waals surface area contributed by atoms with Crippen LogP contribution in [0.1, 0.15) is 15.9 Å². The van der Waals surface area contributed by atoms with Crippen LogP contribution in [-0.2, 0) is 4.79 Å². The Hall–Kier alpha value is -3.26. The third kappa shape index (κ3) is 3.95. The maximum Gasteiger partial charge on any atom is 0.338 e. The largest absolute Gasteiger partial charge is 0.508 e. The minimum atomic E-state index is -1.21. The van der Waals surface area contributed by atoms with Crippen LogP contribution in [0, 0.1) is 0 Å². The molecular weight excluding hydrogens is 368 g/mol. The average molecular weight is 384 g/mol. The van der Waals surface area contributed by atoms with E-state index in [4.69, 9.17) is 4.74 Å². The molecule has 1 fully saturated rings. The second-order valence-corrected chi connectivity index (χ2v) is 6.66. The molecule has 1 heterocycles. The number of carbonyl (C=O) groups excluding carboxylic acids is 1. The van der Waals surface area contributed by atoms with Gasteiger partial charge >= 0.3 is 5.97 Å². The molecule has 0 radical (unpaired) electrons. The molecule has 0 unspecified atom stereocenters. The van der Waals surface area contributed by atoms with Gasteiger partial charge in [0.2, 0.25) is 0 Å². The van der Waals surface area contributed by atoms with Gasteiger partial charge in [0.25, 0.3) is 5.91 Å². The van der Waals surface area contributed by atoms with Crippen LogP contribution < -0.4 is 4.74 Å². The zero-order valence-corrected chi connectivity index (χ0v) is 15.4. The number of ether oxygens (including phenoxy) is 1. The van der Waals surface area contributed by atoms with Gasteiger partial charge in [-0.05, 0) is 53.7 Å². The van der Waals surface area contributed by atoms with Crippen LogP contribution in [0.25, 0.3) is 6.08 Å². The molecule has 1 amide bonds. The smallest absolute Gasteiger partial charge is 0.338 e. The highest BCUT2D eigenvalue weighted by Gasteiger charge is 2.30. The molecule has 1 saturated heterocycles. The number of nitrogens with zero attached hydrogens (tertiary/aromatic N) is 2. The first-order valence-electron chi connectivity index (χ1n) is 7.85. The zero-order chi connectivity index (χ0) is 19.6. The average Bonchev–Trinajstić information content (AvgIpc) is 2.91. The monoisotopic (exact) mass is 384 g/mol. The van der Waals surface area contributed by atoms with Crippen LogP contribution in [0.5, 0.6) is 11.5 Å². The van der Waals surface area contributed by atoms with Crippen molar-refractivity contribution in [2.24, 2.45) is 4.99 Å². The summed E-state index contributed by atoms with van der Waals surface area (Å²) in [6.45, 7) is 0. The minimum absolute atomic E-state index is 0.144. The van der Waals surface area contributed by atoms with E-state index in [1.54, 1.807) is 26.3 Å². The summed E-state index contributed by atoms with van der Waals surface area (Å²) in [7, 11) is 3.14. The van der Waals surface area contributed by atoms with Crippen molar-refractivity contribution in [1.82, 2.24) is 4.90 Å². The Bertz CT molecular complexity index is 984. The number of rotatable bonds is 4. The predicted molar refractivity (Wildman–Crippen MR) is 103 cm³/mol. The van der Waals surface area contributed by atoms with E-state index >= 15 is 0 Å². The molecule has 0 bridgehead atoms. The predicted octanol–water partition coefficient (Wildman–Crippen LogP) is 3.33. The summed E-state index contributed by atoms with van der Waals surface area (Å²) in [6, 6.07) is 11.1. The van der Waals surface area contributed by atoms with Crippen molar-refractivity contribution >= 4 is 40.6 Å². The molecule has 3 rings (SSSR count). The van der Waals surface area contributed by atoms with Crippen LogP contribution in [0.3, 0.4) is 0 Å². The molecule has 138 valence electrons. The fourth-order valence-electron chi connectivity index (χ4n) is 2.43. The Labute approximate surface area is 159 Å². The molecule has 0 atom stereocenters. The van der Waals surface area contributed by atoms with Gasteiger partial charge in [-0.3, -0.25) is 9.69 Å². The fraction of sp³-hybridized carbons (Fsp3) is 0.105. The number of amides is 1. The quantitative estimate of drug-likeness (QED) is 0.785. The number of phenols is 1. The molecule has 7 nitrogen and oxygen atoms in total. The van der Waals surface area contributed by atoms with Crippen molar-refractivity contribution in [2.75, 3.05) is 14.2 Å².